The third-order valence-electron chi connectivity index (χ3n) is 5.56. The molecule has 1 unspecified atom stereocenters. The predicted octanol–water partition coefficient (Wildman–Crippen LogP) is 5.13. The maximum absolute atomic E-state index is 13.5. The number of halogens is 1. The van der Waals surface area contributed by atoms with Crippen LogP contribution in [0.25, 0.3) is 0 Å². The number of benzene rings is 3. The van der Waals surface area contributed by atoms with Crippen LogP contribution in [0.5, 0.6) is 11.5 Å². The van der Waals surface area contributed by atoms with Crippen molar-refractivity contribution in [1.29, 1.82) is 0 Å². The minimum absolute atomic E-state index is 0.0952. The fourth-order valence-corrected chi connectivity index (χ4v) is 5.17. The molecule has 186 valence electrons. The van der Waals surface area contributed by atoms with Crippen LogP contribution >= 0.6 is 11.6 Å². The number of carbonyl (C=O) groups excluding carboxylic acids is 1. The Morgan fingerprint density at radius 1 is 0.971 bits per heavy atom. The molecule has 7 nitrogen and oxygen atoms in total. The van der Waals surface area contributed by atoms with Gasteiger partial charge in [0.25, 0.3) is 10.0 Å². The Morgan fingerprint density at radius 3 is 2.17 bits per heavy atom. The average Bonchev–Trinajstić information content (AvgIpc) is 2.86. The van der Waals surface area contributed by atoms with Gasteiger partial charge in [0.1, 0.15) is 6.54 Å². The van der Waals surface area contributed by atoms with Gasteiger partial charge in [0.2, 0.25) is 5.91 Å². The zero-order valence-corrected chi connectivity index (χ0v) is 21.7. The van der Waals surface area contributed by atoms with Gasteiger partial charge in [-0.3, -0.25) is 9.10 Å². The standard InChI is InChI=1S/C26H29ClN2O5S/c1-5-23(19-8-15-24(33-3)25(16-19)34-4)28-26(30)17-29(21-11-9-20(27)10-12-21)35(31,32)22-13-6-18(2)7-14-22/h6-16,23H,5,17H2,1-4H3,(H,28,30). The number of rotatable bonds is 10. The monoisotopic (exact) mass is 516 g/mol. The van der Waals surface area contributed by atoms with Gasteiger partial charge in [0, 0.05) is 5.02 Å². The van der Waals surface area contributed by atoms with Crippen LogP contribution in [0, 0.1) is 6.92 Å². The molecule has 0 fully saturated rings. The zero-order valence-electron chi connectivity index (χ0n) is 20.1. The van der Waals surface area contributed by atoms with Crippen molar-refractivity contribution in [2.75, 3.05) is 25.1 Å². The summed E-state index contributed by atoms with van der Waals surface area (Å²) in [5.41, 5.74) is 2.09. The first-order valence-electron chi connectivity index (χ1n) is 11.1. The number of carbonyl (C=O) groups is 1. The highest BCUT2D eigenvalue weighted by molar-refractivity contribution is 7.92. The number of hydrogen-bond acceptors (Lipinski definition) is 5. The first-order chi connectivity index (χ1) is 16.7. The van der Waals surface area contributed by atoms with E-state index in [0.717, 1.165) is 15.4 Å². The first kappa shape index (κ1) is 26.4. The molecule has 0 saturated heterocycles. The largest absolute Gasteiger partial charge is 0.493 e. The molecule has 35 heavy (non-hydrogen) atoms. The van der Waals surface area contributed by atoms with E-state index < -0.39 is 22.5 Å². The Bertz CT molecular complexity index is 1260. The molecular weight excluding hydrogens is 488 g/mol. The molecule has 0 aliphatic carbocycles. The van der Waals surface area contributed by atoms with Gasteiger partial charge >= 0.3 is 0 Å². The van der Waals surface area contributed by atoms with Gasteiger partial charge in [-0.25, -0.2) is 8.42 Å². The van der Waals surface area contributed by atoms with Crippen molar-refractivity contribution in [3.8, 4) is 11.5 Å². The molecule has 0 aliphatic rings. The van der Waals surface area contributed by atoms with Gasteiger partial charge in [-0.05, 0) is 67.4 Å². The maximum atomic E-state index is 13.5. The minimum atomic E-state index is -4.01. The molecule has 0 saturated carbocycles. The van der Waals surface area contributed by atoms with Crippen LogP contribution in [0.1, 0.15) is 30.5 Å². The van der Waals surface area contributed by atoms with Crippen LogP contribution in [0.15, 0.2) is 71.6 Å². The molecule has 0 bridgehead atoms. The highest BCUT2D eigenvalue weighted by Gasteiger charge is 2.28. The van der Waals surface area contributed by atoms with Crippen molar-refractivity contribution < 1.29 is 22.7 Å². The fraction of sp³-hybridized carbons (Fsp3) is 0.269. The summed E-state index contributed by atoms with van der Waals surface area (Å²) in [7, 11) is -0.918. The Kier molecular flexibility index (Phi) is 8.64. The highest BCUT2D eigenvalue weighted by atomic mass is 35.5. The molecule has 0 aromatic heterocycles. The van der Waals surface area contributed by atoms with E-state index >= 15 is 0 Å². The number of nitrogens with one attached hydrogen (secondary N) is 1. The number of amides is 1. The number of aryl methyl sites for hydroxylation is 1. The molecule has 9 heteroatoms. The van der Waals surface area contributed by atoms with Crippen LogP contribution in [0.3, 0.4) is 0 Å². The van der Waals surface area contributed by atoms with Crippen LogP contribution in [0.4, 0.5) is 5.69 Å². The lowest BCUT2D eigenvalue weighted by Crippen LogP contribution is -2.42. The van der Waals surface area contributed by atoms with Crippen molar-refractivity contribution in [3.63, 3.8) is 0 Å². The smallest absolute Gasteiger partial charge is 0.264 e. The molecule has 3 aromatic carbocycles. The van der Waals surface area contributed by atoms with E-state index in [9.17, 15) is 13.2 Å². The summed E-state index contributed by atoms with van der Waals surface area (Å²) in [4.78, 5) is 13.2. The summed E-state index contributed by atoms with van der Waals surface area (Å²) in [6, 6.07) is 17.9. The molecule has 0 heterocycles. The van der Waals surface area contributed by atoms with Crippen molar-refractivity contribution in [2.24, 2.45) is 0 Å². The summed E-state index contributed by atoms with van der Waals surface area (Å²) < 4.78 is 38.8. The summed E-state index contributed by atoms with van der Waals surface area (Å²) >= 11 is 6.01. The number of methoxy groups -OCH3 is 2. The molecule has 1 atom stereocenters. The summed E-state index contributed by atoms with van der Waals surface area (Å²) in [5.74, 6) is 0.676. The second kappa shape index (κ2) is 11.5. The number of sulfonamides is 1. The topological polar surface area (TPSA) is 84.9 Å². The minimum Gasteiger partial charge on any atom is -0.493 e. The average molecular weight is 517 g/mol. The van der Waals surface area contributed by atoms with Gasteiger partial charge < -0.3 is 14.8 Å². The molecular formula is C26H29ClN2O5S. The first-order valence-corrected chi connectivity index (χ1v) is 12.9. The Balaban J connectivity index is 1.90. The Labute approximate surface area is 211 Å². The van der Waals surface area contributed by atoms with Crippen molar-refractivity contribution in [3.05, 3.63) is 82.9 Å². The van der Waals surface area contributed by atoms with E-state index in [2.05, 4.69) is 5.32 Å². The molecule has 0 radical (unpaired) electrons. The second-order valence-corrected chi connectivity index (χ2v) is 10.2. The van der Waals surface area contributed by atoms with Crippen LogP contribution in [-0.2, 0) is 14.8 Å². The van der Waals surface area contributed by atoms with E-state index in [1.165, 1.54) is 12.1 Å². The predicted molar refractivity (Wildman–Crippen MR) is 138 cm³/mol. The third-order valence-corrected chi connectivity index (χ3v) is 7.60. The number of hydrogen-bond donors (Lipinski definition) is 1. The summed E-state index contributed by atoms with van der Waals surface area (Å²) in [6.07, 6.45) is 0.590. The quantitative estimate of drug-likeness (QED) is 0.404. The van der Waals surface area contributed by atoms with E-state index in [-0.39, 0.29) is 10.9 Å². The Morgan fingerprint density at radius 2 is 1.60 bits per heavy atom. The van der Waals surface area contributed by atoms with E-state index in [1.54, 1.807) is 62.8 Å². The molecule has 1 N–H and O–H groups in total. The van der Waals surface area contributed by atoms with Crippen LogP contribution < -0.4 is 19.1 Å². The number of ether oxygens (including phenoxy) is 2. The van der Waals surface area contributed by atoms with Crippen molar-refractivity contribution in [2.45, 2.75) is 31.2 Å². The molecule has 0 aliphatic heterocycles. The number of nitrogens with zero attached hydrogens (tertiary/aromatic N) is 1. The lowest BCUT2D eigenvalue weighted by molar-refractivity contribution is -0.120. The lowest BCUT2D eigenvalue weighted by Gasteiger charge is -2.26. The highest BCUT2D eigenvalue weighted by Crippen LogP contribution is 2.31. The maximum Gasteiger partial charge on any atom is 0.264 e. The summed E-state index contributed by atoms with van der Waals surface area (Å²) in [6.45, 7) is 3.41. The van der Waals surface area contributed by atoms with Gasteiger partial charge in [0.05, 0.1) is 30.8 Å². The molecule has 1 amide bonds. The van der Waals surface area contributed by atoms with E-state index in [4.69, 9.17) is 21.1 Å². The van der Waals surface area contributed by atoms with Crippen LogP contribution in [-0.4, -0.2) is 35.1 Å². The second-order valence-electron chi connectivity index (χ2n) is 7.94. The van der Waals surface area contributed by atoms with Crippen molar-refractivity contribution >= 4 is 33.2 Å². The zero-order chi connectivity index (χ0) is 25.6. The van der Waals surface area contributed by atoms with Gasteiger partial charge in [-0.2, -0.15) is 0 Å². The van der Waals surface area contributed by atoms with Gasteiger partial charge in [-0.1, -0.05) is 42.3 Å². The van der Waals surface area contributed by atoms with E-state index in [0.29, 0.717) is 28.6 Å². The van der Waals surface area contributed by atoms with Gasteiger partial charge in [0.15, 0.2) is 11.5 Å². The Hall–Kier alpha value is -3.23. The summed E-state index contributed by atoms with van der Waals surface area (Å²) in [5, 5.41) is 3.41. The van der Waals surface area contributed by atoms with Crippen molar-refractivity contribution in [1.82, 2.24) is 5.32 Å². The molecule has 3 aromatic rings. The molecule has 3 rings (SSSR count). The number of anilines is 1. The fourth-order valence-electron chi connectivity index (χ4n) is 3.62. The van der Waals surface area contributed by atoms with Crippen LogP contribution in [0.2, 0.25) is 5.02 Å². The SMILES string of the molecule is CCC(NC(=O)CN(c1ccc(Cl)cc1)S(=O)(=O)c1ccc(C)cc1)c1ccc(OC)c(OC)c1. The third kappa shape index (κ3) is 6.26. The van der Waals surface area contributed by atoms with E-state index in [1.807, 2.05) is 19.9 Å². The van der Waals surface area contributed by atoms with Gasteiger partial charge in [-0.15, -0.1) is 0 Å². The normalized spacial score (nSPS) is 12.0. The molecule has 0 spiro atoms. The lowest BCUT2D eigenvalue weighted by atomic mass is 10.0.